The number of benzene rings is 1. The van der Waals surface area contributed by atoms with E-state index in [9.17, 15) is 4.79 Å². The van der Waals surface area contributed by atoms with Crippen molar-refractivity contribution in [1.82, 2.24) is 9.80 Å². The van der Waals surface area contributed by atoms with Gasteiger partial charge in [0.1, 0.15) is 6.10 Å². The van der Waals surface area contributed by atoms with Crippen molar-refractivity contribution in [2.45, 2.75) is 104 Å². The van der Waals surface area contributed by atoms with Gasteiger partial charge in [-0.1, -0.05) is 44.2 Å². The molecule has 10 atom stereocenters. The van der Waals surface area contributed by atoms with Crippen LogP contribution in [0.5, 0.6) is 0 Å². The normalized spacial score (nSPS) is 42.1. The lowest BCUT2D eigenvalue weighted by Crippen LogP contribution is -2.61. The molecule has 0 spiro atoms. The predicted octanol–water partition coefficient (Wildman–Crippen LogP) is 6.64. The van der Waals surface area contributed by atoms with Gasteiger partial charge in [0.25, 0.3) is 0 Å². The second-order valence-corrected chi connectivity index (χ2v) is 14.1. The van der Waals surface area contributed by atoms with Gasteiger partial charge in [-0.3, -0.25) is 9.69 Å². The van der Waals surface area contributed by atoms with E-state index in [0.717, 1.165) is 24.8 Å². The molecule has 0 N–H and O–H groups in total. The molecule has 4 nitrogen and oxygen atoms in total. The molecule has 1 aromatic carbocycles. The highest BCUT2D eigenvalue weighted by molar-refractivity contribution is 5.66. The fourth-order valence-electron chi connectivity index (χ4n) is 10.1. The Bertz CT molecular complexity index is 949. The summed E-state index contributed by atoms with van der Waals surface area (Å²) in [6.07, 6.45) is 10.4. The van der Waals surface area contributed by atoms with E-state index in [0.29, 0.717) is 35.3 Å². The summed E-state index contributed by atoms with van der Waals surface area (Å²) in [6, 6.07) is 12.1. The van der Waals surface area contributed by atoms with Crippen molar-refractivity contribution in [2.75, 3.05) is 21.1 Å². The van der Waals surface area contributed by atoms with Crippen LogP contribution in [-0.4, -0.2) is 55.1 Å². The van der Waals surface area contributed by atoms with E-state index >= 15 is 0 Å². The standard InChI is InChI=1S/C33H52N2O2/c1-22(34(5)6)28-15-16-29-27-14-13-25-19-26(35(7)21-24-11-9-8-10-12-24)17-18-32(25,3)30(27)20-31(33(28,29)4)37-23(2)36/h8-12,22,25-31H,13-21H2,1-7H3/t22-,25-,26+,27-,28+,29-,30-,31+,32-,33+/m0/s1. The third kappa shape index (κ3) is 4.69. The first-order chi connectivity index (χ1) is 17.6. The molecule has 4 heteroatoms. The Balaban J connectivity index is 1.36. The number of fused-ring (bicyclic) bond motifs is 5. The van der Waals surface area contributed by atoms with E-state index in [1.54, 1.807) is 6.92 Å². The Morgan fingerprint density at radius 3 is 2.41 bits per heavy atom. The van der Waals surface area contributed by atoms with E-state index in [2.05, 4.69) is 82.0 Å². The number of rotatable bonds is 6. The molecule has 0 aliphatic heterocycles. The second-order valence-electron chi connectivity index (χ2n) is 14.1. The molecule has 0 saturated heterocycles. The maximum atomic E-state index is 12.4. The largest absolute Gasteiger partial charge is 0.462 e. The van der Waals surface area contributed by atoms with Crippen LogP contribution in [0, 0.1) is 40.4 Å². The SMILES string of the molecule is CC(=O)O[C@@H]1C[C@H]2[C@@H](CC[C@H]3C[C@H](N(C)Cc4ccccc4)CC[C@@]32C)[C@@H]2CC[C@H]([C@H](C)N(C)C)[C@@]12C. The van der Waals surface area contributed by atoms with Crippen LogP contribution in [-0.2, 0) is 16.1 Å². The first kappa shape index (κ1) is 27.2. The Hall–Kier alpha value is -1.39. The van der Waals surface area contributed by atoms with Gasteiger partial charge in [-0.15, -0.1) is 0 Å². The van der Waals surface area contributed by atoms with Crippen molar-refractivity contribution >= 4 is 5.97 Å². The monoisotopic (exact) mass is 508 g/mol. The average molecular weight is 509 g/mol. The maximum Gasteiger partial charge on any atom is 0.302 e. The molecular formula is C33H52N2O2. The van der Waals surface area contributed by atoms with E-state index in [-0.39, 0.29) is 17.5 Å². The van der Waals surface area contributed by atoms with E-state index < -0.39 is 0 Å². The average Bonchev–Trinajstić information content (AvgIpc) is 3.22. The quantitative estimate of drug-likeness (QED) is 0.403. The van der Waals surface area contributed by atoms with Crippen molar-refractivity contribution < 1.29 is 9.53 Å². The number of hydrogen-bond donors (Lipinski definition) is 0. The number of carbonyl (C=O) groups excluding carboxylic acids is 1. The molecule has 206 valence electrons. The van der Waals surface area contributed by atoms with Gasteiger partial charge >= 0.3 is 5.97 Å². The molecule has 4 aliphatic carbocycles. The molecule has 0 heterocycles. The Labute approximate surface area is 226 Å². The van der Waals surface area contributed by atoms with Gasteiger partial charge in [0.2, 0.25) is 0 Å². The van der Waals surface area contributed by atoms with Crippen LogP contribution in [0.1, 0.15) is 84.6 Å². The third-order valence-corrected chi connectivity index (χ3v) is 12.4. The highest BCUT2D eigenvalue weighted by Gasteiger charge is 2.65. The van der Waals surface area contributed by atoms with Gasteiger partial charge in [0, 0.05) is 31.0 Å². The van der Waals surface area contributed by atoms with Gasteiger partial charge in [-0.05, 0) is 120 Å². The van der Waals surface area contributed by atoms with Gasteiger partial charge in [0.05, 0.1) is 0 Å². The minimum Gasteiger partial charge on any atom is -0.462 e. The van der Waals surface area contributed by atoms with E-state index in [4.69, 9.17) is 4.74 Å². The molecule has 0 aromatic heterocycles. The highest BCUT2D eigenvalue weighted by atomic mass is 16.5. The summed E-state index contributed by atoms with van der Waals surface area (Å²) in [5, 5.41) is 0. The summed E-state index contributed by atoms with van der Waals surface area (Å²) < 4.78 is 6.30. The fraction of sp³-hybridized carbons (Fsp3) is 0.788. The van der Waals surface area contributed by atoms with Crippen LogP contribution in [0.4, 0.5) is 0 Å². The number of nitrogens with zero attached hydrogens (tertiary/aromatic N) is 2. The van der Waals surface area contributed by atoms with Crippen LogP contribution in [0.15, 0.2) is 30.3 Å². The lowest BCUT2D eigenvalue weighted by molar-refractivity contribution is -0.195. The number of carbonyl (C=O) groups is 1. The van der Waals surface area contributed by atoms with Crippen LogP contribution in [0.25, 0.3) is 0 Å². The van der Waals surface area contributed by atoms with Gasteiger partial charge in [0.15, 0.2) is 0 Å². The van der Waals surface area contributed by atoms with Crippen LogP contribution >= 0.6 is 0 Å². The smallest absolute Gasteiger partial charge is 0.302 e. The molecule has 4 aliphatic rings. The van der Waals surface area contributed by atoms with Crippen molar-refractivity contribution in [2.24, 2.45) is 40.4 Å². The summed E-state index contributed by atoms with van der Waals surface area (Å²) in [5.41, 5.74) is 1.88. The number of hydrogen-bond acceptors (Lipinski definition) is 4. The molecule has 1 aromatic rings. The van der Waals surface area contributed by atoms with Crippen molar-refractivity contribution in [3.8, 4) is 0 Å². The second kappa shape index (κ2) is 10.3. The van der Waals surface area contributed by atoms with Crippen molar-refractivity contribution in [3.05, 3.63) is 35.9 Å². The van der Waals surface area contributed by atoms with Crippen molar-refractivity contribution in [1.29, 1.82) is 0 Å². The van der Waals surface area contributed by atoms with E-state index in [1.807, 2.05) is 0 Å². The molecule has 4 saturated carbocycles. The molecule has 0 unspecified atom stereocenters. The van der Waals surface area contributed by atoms with Gasteiger partial charge in [-0.2, -0.15) is 0 Å². The minimum absolute atomic E-state index is 0.0557. The number of ether oxygens (including phenoxy) is 1. The molecule has 5 rings (SSSR count). The van der Waals surface area contributed by atoms with Gasteiger partial charge in [-0.25, -0.2) is 0 Å². The first-order valence-electron chi connectivity index (χ1n) is 15.1. The fourth-order valence-corrected chi connectivity index (χ4v) is 10.1. The third-order valence-electron chi connectivity index (χ3n) is 12.4. The zero-order chi connectivity index (χ0) is 26.5. The van der Waals surface area contributed by atoms with Crippen LogP contribution < -0.4 is 0 Å². The summed E-state index contributed by atoms with van der Waals surface area (Å²) in [4.78, 5) is 17.4. The van der Waals surface area contributed by atoms with E-state index in [1.165, 1.54) is 50.5 Å². The Kier molecular flexibility index (Phi) is 7.57. The van der Waals surface area contributed by atoms with Crippen LogP contribution in [0.2, 0.25) is 0 Å². The molecule has 0 amide bonds. The molecule has 0 radical (unpaired) electrons. The topological polar surface area (TPSA) is 32.8 Å². The molecule has 4 fully saturated rings. The molecule has 0 bridgehead atoms. The lowest BCUT2D eigenvalue weighted by atomic mass is 9.43. The minimum atomic E-state index is -0.0876. The predicted molar refractivity (Wildman–Crippen MR) is 151 cm³/mol. The zero-order valence-electron chi connectivity index (χ0n) is 24.6. The Morgan fingerprint density at radius 2 is 1.73 bits per heavy atom. The maximum absolute atomic E-state index is 12.4. The summed E-state index contributed by atoms with van der Waals surface area (Å²) in [5.74, 6) is 3.43. The lowest BCUT2D eigenvalue weighted by Gasteiger charge is -2.63. The zero-order valence-corrected chi connectivity index (χ0v) is 24.6. The van der Waals surface area contributed by atoms with Crippen molar-refractivity contribution in [3.63, 3.8) is 0 Å². The highest BCUT2D eigenvalue weighted by Crippen LogP contribution is 2.68. The van der Waals surface area contributed by atoms with Gasteiger partial charge < -0.3 is 9.64 Å². The number of esters is 1. The molecule has 37 heavy (non-hydrogen) atoms. The Morgan fingerprint density at radius 1 is 1.00 bits per heavy atom. The van der Waals surface area contributed by atoms with Crippen LogP contribution in [0.3, 0.4) is 0 Å². The summed E-state index contributed by atoms with van der Waals surface area (Å²) >= 11 is 0. The summed E-state index contributed by atoms with van der Waals surface area (Å²) in [7, 11) is 6.76. The summed E-state index contributed by atoms with van der Waals surface area (Å²) in [6.45, 7) is 10.2. The first-order valence-corrected chi connectivity index (χ1v) is 15.1. The molecular weight excluding hydrogens is 456 g/mol.